The maximum atomic E-state index is 11.8. The van der Waals surface area contributed by atoms with E-state index < -0.39 is 28.4 Å². The fourth-order valence-electron chi connectivity index (χ4n) is 3.54. The maximum Gasteiger partial charge on any atom is 0.379 e. The molecule has 0 aromatic heterocycles. The summed E-state index contributed by atoms with van der Waals surface area (Å²) < 4.78 is 65.3. The number of benzene rings is 1. The van der Waals surface area contributed by atoms with E-state index in [1.807, 2.05) is 0 Å². The Morgan fingerprint density at radius 2 is 1.64 bits per heavy atom. The summed E-state index contributed by atoms with van der Waals surface area (Å²) in [4.78, 5) is 11.8. The molecule has 0 saturated carbocycles. The topological polar surface area (TPSA) is 162 Å². The molecule has 12 heteroatoms. The molecule has 0 bridgehead atoms. The van der Waals surface area contributed by atoms with Crippen molar-refractivity contribution in [3.8, 4) is 11.5 Å². The van der Waals surface area contributed by atoms with Crippen molar-refractivity contribution in [1.29, 1.82) is 0 Å². The summed E-state index contributed by atoms with van der Waals surface area (Å²) in [5.41, 5.74) is 0.612. The van der Waals surface area contributed by atoms with E-state index in [9.17, 15) is 23.9 Å². The molecule has 0 fully saturated rings. The SMILES string of the molecule is C=C1C(OC)=C(OC)C(C(=O)O)=CC1C1=Cc2cc(OC)c(OC)cc2C(O[Cl+3]([O-])([O-])[O-])O1. The van der Waals surface area contributed by atoms with E-state index in [2.05, 4.69) is 10.9 Å². The predicted molar refractivity (Wildman–Crippen MR) is 102 cm³/mol. The van der Waals surface area contributed by atoms with Crippen molar-refractivity contribution in [1.82, 2.24) is 0 Å². The first-order chi connectivity index (χ1) is 15.5. The van der Waals surface area contributed by atoms with Gasteiger partial charge in [0.25, 0.3) is 0 Å². The number of carboxylic acids is 1. The Bertz CT molecular complexity index is 1060. The first-order valence-electron chi connectivity index (χ1n) is 9.24. The molecule has 0 amide bonds. The number of hydrogen-bond acceptors (Lipinski definition) is 10. The Morgan fingerprint density at radius 3 is 2.15 bits per heavy atom. The van der Waals surface area contributed by atoms with Gasteiger partial charge in [-0.2, -0.15) is 14.0 Å². The highest BCUT2D eigenvalue weighted by Crippen LogP contribution is 2.45. The lowest BCUT2D eigenvalue weighted by Gasteiger charge is -2.31. The van der Waals surface area contributed by atoms with Gasteiger partial charge in [0, 0.05) is 11.1 Å². The van der Waals surface area contributed by atoms with Crippen molar-refractivity contribution in [2.75, 3.05) is 28.4 Å². The standard InChI is InChI=1S/C21H21ClO11/c1-10-12(8-14(20(23)24)19(31-5)18(10)30-4)15-6-11-7-16(28-2)17(29-3)9-13(11)21(32-15)33-22(25,26)27/h6-9,12,21H,1H2,2-5H3,(H,23,24). The van der Waals surface area contributed by atoms with E-state index in [-0.39, 0.29) is 39.7 Å². The molecule has 1 aromatic carbocycles. The van der Waals surface area contributed by atoms with Crippen molar-refractivity contribution < 1.29 is 62.1 Å². The number of fused-ring (bicyclic) bond motifs is 1. The van der Waals surface area contributed by atoms with E-state index in [1.165, 1.54) is 52.7 Å². The number of halogens is 1. The van der Waals surface area contributed by atoms with Gasteiger partial charge in [0.15, 0.2) is 23.0 Å². The van der Waals surface area contributed by atoms with E-state index in [0.29, 0.717) is 11.3 Å². The minimum absolute atomic E-state index is 0.0390. The summed E-state index contributed by atoms with van der Waals surface area (Å²) in [6, 6.07) is 2.94. The molecule has 2 atom stereocenters. The first-order valence-corrected chi connectivity index (χ1v) is 10.5. The van der Waals surface area contributed by atoms with Crippen LogP contribution in [0.2, 0.25) is 0 Å². The van der Waals surface area contributed by atoms with Crippen molar-refractivity contribution >= 4 is 12.0 Å². The zero-order valence-corrected chi connectivity index (χ0v) is 18.8. The Kier molecular flexibility index (Phi) is 6.91. The molecular weight excluding hydrogens is 464 g/mol. The molecule has 1 aromatic rings. The largest absolute Gasteiger partial charge is 0.493 e. The van der Waals surface area contributed by atoms with Crippen LogP contribution >= 0.6 is 0 Å². The van der Waals surface area contributed by atoms with Gasteiger partial charge in [-0.15, -0.1) is 0 Å². The minimum Gasteiger partial charge on any atom is -0.493 e. The Hall–Kier alpha value is -3.22. The number of carbonyl (C=O) groups is 1. The van der Waals surface area contributed by atoms with Gasteiger partial charge in [0.1, 0.15) is 15.6 Å². The van der Waals surface area contributed by atoms with E-state index in [4.69, 9.17) is 23.7 Å². The Morgan fingerprint density at radius 1 is 1.03 bits per heavy atom. The second kappa shape index (κ2) is 9.33. The monoisotopic (exact) mass is 484 g/mol. The van der Waals surface area contributed by atoms with Crippen molar-refractivity contribution in [3.63, 3.8) is 0 Å². The highest BCUT2D eigenvalue weighted by molar-refractivity contribution is 5.92. The van der Waals surface area contributed by atoms with Gasteiger partial charge in [0.2, 0.25) is 0 Å². The van der Waals surface area contributed by atoms with Crippen LogP contribution in [-0.4, -0.2) is 39.5 Å². The molecular formula is C21H21ClO11. The zero-order valence-electron chi connectivity index (χ0n) is 18.1. The smallest absolute Gasteiger partial charge is 0.379 e. The van der Waals surface area contributed by atoms with Crippen LogP contribution in [0.15, 0.2) is 53.2 Å². The lowest BCUT2D eigenvalue weighted by molar-refractivity contribution is -1.92. The Labute approximate surface area is 191 Å². The molecule has 33 heavy (non-hydrogen) atoms. The minimum atomic E-state index is -4.88. The molecule has 1 N–H and O–H groups in total. The molecule has 3 rings (SSSR count). The quantitative estimate of drug-likeness (QED) is 0.514. The van der Waals surface area contributed by atoms with Crippen LogP contribution in [0.5, 0.6) is 11.5 Å². The van der Waals surface area contributed by atoms with Gasteiger partial charge in [-0.25, -0.2) is 4.79 Å². The van der Waals surface area contributed by atoms with Crippen LogP contribution in [-0.2, 0) is 23.3 Å². The average Bonchev–Trinajstić information content (AvgIpc) is 2.76. The van der Waals surface area contributed by atoms with Crippen molar-refractivity contribution in [2.24, 2.45) is 5.92 Å². The van der Waals surface area contributed by atoms with E-state index in [1.54, 1.807) is 0 Å². The van der Waals surface area contributed by atoms with Gasteiger partial charge < -0.3 is 28.8 Å². The number of rotatable bonds is 8. The lowest BCUT2D eigenvalue weighted by atomic mass is 9.86. The normalized spacial score (nSPS) is 20.3. The number of ether oxygens (including phenoxy) is 5. The number of carboxylic acid groups (broad SMARTS) is 1. The highest BCUT2D eigenvalue weighted by Gasteiger charge is 2.41. The molecule has 2 unspecified atom stereocenters. The molecule has 1 aliphatic heterocycles. The zero-order chi connectivity index (χ0) is 24.5. The van der Waals surface area contributed by atoms with Crippen LogP contribution in [0.3, 0.4) is 0 Å². The number of hydrogen-bond donors (Lipinski definition) is 1. The van der Waals surface area contributed by atoms with E-state index in [0.717, 1.165) is 0 Å². The molecule has 11 nitrogen and oxygen atoms in total. The molecule has 0 radical (unpaired) electrons. The van der Waals surface area contributed by atoms with Crippen LogP contribution in [0.4, 0.5) is 0 Å². The van der Waals surface area contributed by atoms with Gasteiger partial charge in [-0.05, 0) is 23.8 Å². The summed E-state index contributed by atoms with van der Waals surface area (Å²) in [6.07, 6.45) is 1.14. The summed E-state index contributed by atoms with van der Waals surface area (Å²) >= 11 is 0. The summed E-state index contributed by atoms with van der Waals surface area (Å²) in [5.74, 6) is -1.57. The van der Waals surface area contributed by atoms with Crippen LogP contribution in [0, 0.1) is 16.2 Å². The third-order valence-corrected chi connectivity index (χ3v) is 5.35. The molecule has 1 aliphatic carbocycles. The van der Waals surface area contributed by atoms with Gasteiger partial charge in [-0.1, -0.05) is 12.7 Å². The average molecular weight is 485 g/mol. The maximum absolute atomic E-state index is 11.8. The number of allylic oxidation sites excluding steroid dienone is 2. The fourth-order valence-corrected chi connectivity index (χ4v) is 3.87. The summed E-state index contributed by atoms with van der Waals surface area (Å²) in [5, 5.41) is 9.64. The van der Waals surface area contributed by atoms with Gasteiger partial charge in [-0.3, -0.25) is 0 Å². The second-order valence-electron chi connectivity index (χ2n) is 6.75. The van der Waals surface area contributed by atoms with Gasteiger partial charge in [0.05, 0.1) is 44.6 Å². The lowest BCUT2D eigenvalue weighted by Crippen LogP contribution is -2.61. The van der Waals surface area contributed by atoms with Crippen LogP contribution in [0.1, 0.15) is 17.4 Å². The molecule has 0 spiro atoms. The number of aliphatic carboxylic acids is 1. The summed E-state index contributed by atoms with van der Waals surface area (Å²) in [7, 11) is 0.515. The highest BCUT2D eigenvalue weighted by atomic mass is 35.7. The van der Waals surface area contributed by atoms with E-state index >= 15 is 0 Å². The molecule has 178 valence electrons. The number of methoxy groups -OCH3 is 4. The van der Waals surface area contributed by atoms with Crippen LogP contribution < -0.4 is 23.5 Å². The fraction of sp³-hybridized carbons (Fsp3) is 0.286. The predicted octanol–water partition coefficient (Wildman–Crippen LogP) is -0.311. The molecule has 0 saturated heterocycles. The van der Waals surface area contributed by atoms with Crippen molar-refractivity contribution in [3.05, 3.63) is 64.3 Å². The summed E-state index contributed by atoms with van der Waals surface area (Å²) in [6.45, 7) is 3.94. The van der Waals surface area contributed by atoms with Crippen molar-refractivity contribution in [2.45, 2.75) is 6.29 Å². The molecule has 1 heterocycles. The first kappa shape index (κ1) is 24.4. The molecule has 2 aliphatic rings. The Balaban J connectivity index is 2.17. The van der Waals surface area contributed by atoms with Gasteiger partial charge >= 0.3 is 12.3 Å². The second-order valence-corrected chi connectivity index (χ2v) is 7.69. The third-order valence-electron chi connectivity index (χ3n) is 4.97. The third kappa shape index (κ3) is 4.77. The van der Waals surface area contributed by atoms with Crippen LogP contribution in [0.25, 0.3) is 6.08 Å².